The van der Waals surface area contributed by atoms with Gasteiger partial charge in [-0.05, 0) is 30.0 Å². The molecule has 0 spiro atoms. The Morgan fingerprint density at radius 3 is 1.57 bits per heavy atom. The van der Waals surface area contributed by atoms with Crippen LogP contribution in [0.3, 0.4) is 0 Å². The van der Waals surface area contributed by atoms with E-state index in [2.05, 4.69) is 71.5 Å². The summed E-state index contributed by atoms with van der Waals surface area (Å²) in [5.74, 6) is 0. The molecule has 0 aromatic carbocycles. The van der Waals surface area contributed by atoms with Crippen molar-refractivity contribution in [2.45, 2.75) is 91.9 Å². The maximum atomic E-state index is 2.74. The third kappa shape index (κ3) is 16.0. The Bertz CT molecular complexity index is 425. The van der Waals surface area contributed by atoms with Gasteiger partial charge in [0.25, 0.3) is 0 Å². The molecule has 0 aliphatic carbocycles. The zero-order valence-electron chi connectivity index (χ0n) is 20.5. The molecule has 0 N–H and O–H groups in total. The van der Waals surface area contributed by atoms with Crippen LogP contribution in [0.1, 0.15) is 78.1 Å². The van der Waals surface area contributed by atoms with Gasteiger partial charge < -0.3 is 0 Å². The molecule has 0 saturated carbocycles. The molecule has 1 unspecified atom stereocenters. The molecule has 2 saturated heterocycles. The molecular formula is C25H52IN2PSn. The average Bonchev–Trinajstić information content (AvgIpc) is 2.77. The molecule has 30 heavy (non-hydrogen) atoms. The van der Waals surface area contributed by atoms with E-state index in [9.17, 15) is 0 Å². The summed E-state index contributed by atoms with van der Waals surface area (Å²) in [5.41, 5.74) is 0. The van der Waals surface area contributed by atoms with Gasteiger partial charge in [-0.3, -0.25) is 4.90 Å². The van der Waals surface area contributed by atoms with Crippen molar-refractivity contribution < 1.29 is 0 Å². The molecule has 2 aliphatic heterocycles. The Morgan fingerprint density at radius 1 is 0.733 bits per heavy atom. The molecule has 2 heterocycles. The van der Waals surface area contributed by atoms with E-state index >= 15 is 0 Å². The largest absolute Gasteiger partial charge is 0.300 e. The standard InChI is InChI=1S/C8H14IN.C8H14N.2C4H9.CH3.H3P.Sn/c9-5-4-8-10-6-2-1-3-7-10;1-2-6-9-7-4-3-5-8-9;2*1-3-4-2;;;/h4-5H,1-3,6-8H2;1-2H,3-8H2;2*1,3-4H2,2H3;2*1H3;/b5-4+;;;;;;. The summed E-state index contributed by atoms with van der Waals surface area (Å²) in [5, 5.41) is 0. The molecular weight excluding hydrogens is 605 g/mol. The van der Waals surface area contributed by atoms with Crippen molar-refractivity contribution in [1.82, 2.24) is 9.80 Å². The normalized spacial score (nSPS) is 18.9. The van der Waals surface area contributed by atoms with E-state index < -0.39 is 18.4 Å². The van der Waals surface area contributed by atoms with Crippen molar-refractivity contribution in [2.75, 3.05) is 39.3 Å². The summed E-state index contributed by atoms with van der Waals surface area (Å²) in [6.07, 6.45) is 19.0. The van der Waals surface area contributed by atoms with Gasteiger partial charge in [0, 0.05) is 6.54 Å². The van der Waals surface area contributed by atoms with E-state index in [-0.39, 0.29) is 9.90 Å². The molecule has 0 bridgehead atoms. The minimum atomic E-state index is -1.87. The van der Waals surface area contributed by atoms with E-state index in [1.807, 2.05) is 0 Å². The molecule has 2 nitrogen and oxygen atoms in total. The van der Waals surface area contributed by atoms with Crippen LogP contribution in [0.25, 0.3) is 0 Å². The second-order valence-electron chi connectivity index (χ2n) is 9.35. The number of halogens is 1. The van der Waals surface area contributed by atoms with Crippen LogP contribution in [0.2, 0.25) is 13.8 Å². The van der Waals surface area contributed by atoms with Gasteiger partial charge >= 0.3 is 126 Å². The number of hydrogen-bond donors (Lipinski definition) is 0. The van der Waals surface area contributed by atoms with Gasteiger partial charge in [-0.2, -0.15) is 9.90 Å². The number of hydrogen-bond acceptors (Lipinski definition) is 2. The maximum Gasteiger partial charge on any atom is 0.0170 e. The van der Waals surface area contributed by atoms with Gasteiger partial charge in [0.15, 0.2) is 0 Å². The monoisotopic (exact) mass is 658 g/mol. The molecule has 178 valence electrons. The van der Waals surface area contributed by atoms with E-state index in [1.165, 1.54) is 96.9 Å². The van der Waals surface area contributed by atoms with Crippen LogP contribution in [-0.2, 0) is 0 Å². The molecule has 2 rings (SSSR count). The molecule has 1 atom stereocenters. The van der Waals surface area contributed by atoms with Crippen LogP contribution >= 0.6 is 32.5 Å². The van der Waals surface area contributed by atoms with E-state index in [1.54, 1.807) is 8.87 Å². The second kappa shape index (κ2) is 20.9. The summed E-state index contributed by atoms with van der Waals surface area (Å²) in [6, 6.07) is 0. The predicted octanol–water partition coefficient (Wildman–Crippen LogP) is 7.73. The van der Waals surface area contributed by atoms with Crippen LogP contribution in [0.15, 0.2) is 20.3 Å². The van der Waals surface area contributed by atoms with E-state index in [0.29, 0.717) is 0 Å². The van der Waals surface area contributed by atoms with Gasteiger partial charge in [-0.1, -0.05) is 35.1 Å². The van der Waals surface area contributed by atoms with Crippen LogP contribution < -0.4 is 0 Å². The van der Waals surface area contributed by atoms with Crippen LogP contribution in [0.5, 0.6) is 0 Å². The second-order valence-corrected chi connectivity index (χ2v) is 23.3. The molecule has 0 amide bonds. The predicted molar refractivity (Wildman–Crippen MR) is 155 cm³/mol. The number of likely N-dealkylation sites (tertiary alicyclic amines) is 2. The van der Waals surface area contributed by atoms with Crippen molar-refractivity contribution >= 4 is 50.9 Å². The minimum absolute atomic E-state index is 0. The average molecular weight is 657 g/mol. The molecule has 5 heteroatoms. The molecule has 2 aliphatic rings. The summed E-state index contributed by atoms with van der Waals surface area (Å²) in [4.78, 5) is 7.83. The first-order chi connectivity index (χ1) is 14.1. The quantitative estimate of drug-likeness (QED) is 0.128. The fourth-order valence-corrected chi connectivity index (χ4v) is 14.9. The number of piperidine rings is 2. The number of nitrogens with zero attached hydrogens (tertiary/aromatic N) is 2. The molecule has 0 aromatic rings. The number of rotatable bonds is 11. The SMILES string of the molecule is CCC[CH2][Sn]([CH3])(/[CH]=C/CN1CCCCC1)[CH2]CCC.I/C=C/CN1CCCCC1.P. The third-order valence-corrected chi connectivity index (χ3v) is 18.5. The summed E-state index contributed by atoms with van der Waals surface area (Å²) >= 11 is 0.410. The first-order valence-corrected chi connectivity index (χ1v) is 22.3. The van der Waals surface area contributed by atoms with Gasteiger partial charge in [0.2, 0.25) is 0 Å². The Hall–Kier alpha value is 1.36. The summed E-state index contributed by atoms with van der Waals surface area (Å²) < 4.78 is 7.99. The van der Waals surface area contributed by atoms with Crippen molar-refractivity contribution in [1.29, 1.82) is 0 Å². The van der Waals surface area contributed by atoms with Crippen molar-refractivity contribution in [3.05, 3.63) is 20.3 Å². The fraction of sp³-hybridized carbons (Fsp3) is 0.840. The van der Waals surface area contributed by atoms with Crippen molar-refractivity contribution in [3.8, 4) is 0 Å². The first kappa shape index (κ1) is 31.4. The van der Waals surface area contributed by atoms with E-state index in [4.69, 9.17) is 0 Å². The van der Waals surface area contributed by atoms with Crippen LogP contribution in [0.4, 0.5) is 0 Å². The summed E-state index contributed by atoms with van der Waals surface area (Å²) in [7, 11) is 0. The Balaban J connectivity index is 0.000000646. The van der Waals surface area contributed by atoms with Crippen molar-refractivity contribution in [3.63, 3.8) is 0 Å². The van der Waals surface area contributed by atoms with Gasteiger partial charge in [0.05, 0.1) is 0 Å². The summed E-state index contributed by atoms with van der Waals surface area (Å²) in [6.45, 7) is 12.3. The zero-order valence-corrected chi connectivity index (χ0v) is 26.9. The third-order valence-electron chi connectivity index (χ3n) is 6.44. The zero-order chi connectivity index (χ0) is 21.2. The topological polar surface area (TPSA) is 6.48 Å². The molecule has 0 aromatic heterocycles. The minimum Gasteiger partial charge on any atom is -0.300 e. The van der Waals surface area contributed by atoms with Crippen LogP contribution in [-0.4, -0.2) is 67.4 Å². The smallest absolute Gasteiger partial charge is 0.0170 e. The van der Waals surface area contributed by atoms with Gasteiger partial charge in [-0.15, -0.1) is 0 Å². The molecule has 2 fully saturated rings. The van der Waals surface area contributed by atoms with Gasteiger partial charge in [0.1, 0.15) is 0 Å². The molecule has 0 radical (unpaired) electrons. The Labute approximate surface area is 210 Å². The first-order valence-electron chi connectivity index (χ1n) is 12.5. The van der Waals surface area contributed by atoms with Crippen LogP contribution in [0, 0.1) is 0 Å². The van der Waals surface area contributed by atoms with Gasteiger partial charge in [-0.25, -0.2) is 0 Å². The number of unbranched alkanes of at least 4 members (excludes halogenated alkanes) is 2. The Kier molecular flexibility index (Phi) is 21.9. The Morgan fingerprint density at radius 2 is 1.17 bits per heavy atom. The van der Waals surface area contributed by atoms with Crippen molar-refractivity contribution in [2.24, 2.45) is 0 Å². The maximum absolute atomic E-state index is 2.74. The van der Waals surface area contributed by atoms with E-state index in [0.717, 1.165) is 6.54 Å². The fourth-order valence-electron chi connectivity index (χ4n) is 4.41.